The van der Waals surface area contributed by atoms with E-state index in [1.54, 1.807) is 12.1 Å². The molecule has 0 bridgehead atoms. The second-order valence-corrected chi connectivity index (χ2v) is 5.83. The Hall–Kier alpha value is -1.27. The van der Waals surface area contributed by atoms with E-state index < -0.39 is 5.97 Å². The molecule has 2 rings (SSSR count). The van der Waals surface area contributed by atoms with Crippen LogP contribution in [-0.2, 0) is 16.1 Å². The maximum Gasteiger partial charge on any atom is 0.344 e. The largest absolute Gasteiger partial charge is 0.480 e. The second kappa shape index (κ2) is 6.95. The first kappa shape index (κ1) is 15.1. The molecule has 0 aliphatic heterocycles. The Morgan fingerprint density at radius 3 is 2.80 bits per heavy atom. The third kappa shape index (κ3) is 4.11. The quantitative estimate of drug-likeness (QED) is 0.700. The molecule has 0 spiro atoms. The third-order valence-electron chi connectivity index (χ3n) is 2.48. The summed E-state index contributed by atoms with van der Waals surface area (Å²) in [4.78, 5) is 11.6. The number of halogens is 2. The summed E-state index contributed by atoms with van der Waals surface area (Å²) in [6.45, 7) is 1.86. The minimum atomic E-state index is -0.449. The Morgan fingerprint density at radius 1 is 1.35 bits per heavy atom. The van der Waals surface area contributed by atoms with Gasteiger partial charge in [0.1, 0.15) is 18.1 Å². The average Bonchev–Trinajstić information content (AvgIpc) is 2.88. The molecule has 0 fully saturated rings. The summed E-state index contributed by atoms with van der Waals surface area (Å²) in [7, 11) is 0. The Kier molecular flexibility index (Phi) is 5.25. The third-order valence-corrected chi connectivity index (χ3v) is 3.53. The van der Waals surface area contributed by atoms with Gasteiger partial charge in [-0.05, 0) is 52.7 Å². The number of esters is 1. The lowest BCUT2D eigenvalue weighted by molar-refractivity contribution is -0.147. The zero-order chi connectivity index (χ0) is 14.5. The monoisotopic (exact) mass is 402 g/mol. The SMILES string of the molecule is Cc1cc(Br)cc(Br)c1OCC(=O)OCc1ccco1. The molecule has 0 N–H and O–H groups in total. The average molecular weight is 404 g/mol. The molecule has 0 amide bonds. The Balaban J connectivity index is 1.87. The number of ether oxygens (including phenoxy) is 2. The number of hydrogen-bond acceptors (Lipinski definition) is 4. The van der Waals surface area contributed by atoms with Crippen molar-refractivity contribution < 1.29 is 18.7 Å². The molecule has 0 radical (unpaired) electrons. The lowest BCUT2D eigenvalue weighted by Gasteiger charge is -2.11. The molecule has 1 aromatic carbocycles. The van der Waals surface area contributed by atoms with Crippen molar-refractivity contribution in [2.24, 2.45) is 0 Å². The van der Waals surface area contributed by atoms with Crippen molar-refractivity contribution in [2.45, 2.75) is 13.5 Å². The topological polar surface area (TPSA) is 48.7 Å². The first-order chi connectivity index (χ1) is 9.56. The summed E-state index contributed by atoms with van der Waals surface area (Å²) in [5.41, 5.74) is 0.921. The molecule has 6 heteroatoms. The molecular formula is C14H12Br2O4. The molecule has 0 atom stereocenters. The second-order valence-electron chi connectivity index (χ2n) is 4.06. The molecular weight excluding hydrogens is 392 g/mol. The van der Waals surface area contributed by atoms with Gasteiger partial charge in [-0.3, -0.25) is 0 Å². The number of hydrogen-bond donors (Lipinski definition) is 0. The van der Waals surface area contributed by atoms with Crippen LogP contribution in [-0.4, -0.2) is 12.6 Å². The van der Waals surface area contributed by atoms with Gasteiger partial charge in [-0.25, -0.2) is 4.79 Å². The molecule has 2 aromatic rings. The van der Waals surface area contributed by atoms with Gasteiger partial charge in [0, 0.05) is 4.47 Å². The highest BCUT2D eigenvalue weighted by Gasteiger charge is 2.11. The standard InChI is InChI=1S/C14H12Br2O4/c1-9-5-10(15)6-12(16)14(9)20-8-13(17)19-7-11-3-2-4-18-11/h2-6H,7-8H2,1H3. The van der Waals surface area contributed by atoms with Gasteiger partial charge in [-0.2, -0.15) is 0 Å². The van der Waals surface area contributed by atoms with Crippen molar-refractivity contribution in [3.63, 3.8) is 0 Å². The molecule has 0 aliphatic carbocycles. The Bertz CT molecular complexity index is 570. The summed E-state index contributed by atoms with van der Waals surface area (Å²) in [6.07, 6.45) is 1.53. The molecule has 1 heterocycles. The maximum atomic E-state index is 11.6. The van der Waals surface area contributed by atoms with Gasteiger partial charge >= 0.3 is 5.97 Å². The highest BCUT2D eigenvalue weighted by molar-refractivity contribution is 9.11. The number of carbonyl (C=O) groups excluding carboxylic acids is 1. The number of furan rings is 1. The zero-order valence-electron chi connectivity index (χ0n) is 10.7. The van der Waals surface area contributed by atoms with Gasteiger partial charge < -0.3 is 13.9 Å². The summed E-state index contributed by atoms with van der Waals surface area (Å²) in [5.74, 6) is 0.776. The van der Waals surface area contributed by atoms with Crippen molar-refractivity contribution in [2.75, 3.05) is 6.61 Å². The van der Waals surface area contributed by atoms with E-state index >= 15 is 0 Å². The van der Waals surface area contributed by atoms with Gasteiger partial charge in [0.2, 0.25) is 0 Å². The van der Waals surface area contributed by atoms with Crippen LogP contribution < -0.4 is 4.74 Å². The molecule has 1 aromatic heterocycles. The molecule has 4 nitrogen and oxygen atoms in total. The number of aryl methyl sites for hydroxylation is 1. The van der Waals surface area contributed by atoms with Crippen LogP contribution in [0.2, 0.25) is 0 Å². The summed E-state index contributed by atoms with van der Waals surface area (Å²) >= 11 is 6.78. The normalized spacial score (nSPS) is 10.3. The van der Waals surface area contributed by atoms with Crippen molar-refractivity contribution >= 4 is 37.8 Å². The first-order valence-electron chi connectivity index (χ1n) is 5.82. The fourth-order valence-corrected chi connectivity index (χ4v) is 3.14. The highest BCUT2D eigenvalue weighted by atomic mass is 79.9. The van der Waals surface area contributed by atoms with Gasteiger partial charge in [0.25, 0.3) is 0 Å². The van der Waals surface area contributed by atoms with Crippen LogP contribution in [0.3, 0.4) is 0 Å². The lowest BCUT2D eigenvalue weighted by Crippen LogP contribution is -2.15. The fraction of sp³-hybridized carbons (Fsp3) is 0.214. The number of benzene rings is 1. The zero-order valence-corrected chi connectivity index (χ0v) is 13.9. The molecule has 0 unspecified atom stereocenters. The van der Waals surface area contributed by atoms with Crippen molar-refractivity contribution in [1.29, 1.82) is 0 Å². The Labute approximate surface area is 133 Å². The van der Waals surface area contributed by atoms with Gasteiger partial charge in [-0.1, -0.05) is 15.9 Å². The van der Waals surface area contributed by atoms with E-state index in [2.05, 4.69) is 31.9 Å². The van der Waals surface area contributed by atoms with E-state index in [0.29, 0.717) is 11.5 Å². The van der Waals surface area contributed by atoms with Crippen molar-refractivity contribution in [1.82, 2.24) is 0 Å². The number of rotatable bonds is 5. The van der Waals surface area contributed by atoms with E-state index in [0.717, 1.165) is 14.5 Å². The highest BCUT2D eigenvalue weighted by Crippen LogP contribution is 2.32. The molecule has 0 saturated carbocycles. The van der Waals surface area contributed by atoms with Crippen LogP contribution >= 0.6 is 31.9 Å². The van der Waals surface area contributed by atoms with Crippen LogP contribution in [0.15, 0.2) is 43.9 Å². The predicted molar refractivity (Wildman–Crippen MR) is 80.6 cm³/mol. The van der Waals surface area contributed by atoms with E-state index in [4.69, 9.17) is 13.9 Å². The van der Waals surface area contributed by atoms with Gasteiger partial charge in [-0.15, -0.1) is 0 Å². The maximum absolute atomic E-state index is 11.6. The van der Waals surface area contributed by atoms with Crippen molar-refractivity contribution in [3.05, 3.63) is 50.8 Å². The minimum Gasteiger partial charge on any atom is -0.480 e. The van der Waals surface area contributed by atoms with E-state index in [9.17, 15) is 4.79 Å². The predicted octanol–water partition coefficient (Wildman–Crippen LogP) is 4.24. The van der Waals surface area contributed by atoms with Crippen LogP contribution in [0.5, 0.6) is 5.75 Å². The summed E-state index contributed by atoms with van der Waals surface area (Å²) in [5, 5.41) is 0. The first-order valence-corrected chi connectivity index (χ1v) is 7.41. The smallest absolute Gasteiger partial charge is 0.344 e. The van der Waals surface area contributed by atoms with E-state index in [-0.39, 0.29) is 13.2 Å². The summed E-state index contributed by atoms with van der Waals surface area (Å²) in [6, 6.07) is 7.25. The minimum absolute atomic E-state index is 0.107. The lowest BCUT2D eigenvalue weighted by atomic mass is 10.2. The van der Waals surface area contributed by atoms with Gasteiger partial charge in [0.15, 0.2) is 6.61 Å². The van der Waals surface area contributed by atoms with Crippen molar-refractivity contribution in [3.8, 4) is 5.75 Å². The molecule has 0 saturated heterocycles. The summed E-state index contributed by atoms with van der Waals surface area (Å²) < 4.78 is 17.3. The molecule has 106 valence electrons. The van der Waals surface area contributed by atoms with E-state index in [1.807, 2.05) is 19.1 Å². The fourth-order valence-electron chi connectivity index (χ4n) is 1.59. The van der Waals surface area contributed by atoms with E-state index in [1.165, 1.54) is 6.26 Å². The Morgan fingerprint density at radius 2 is 2.15 bits per heavy atom. The van der Waals surface area contributed by atoms with Crippen LogP contribution in [0.4, 0.5) is 0 Å². The van der Waals surface area contributed by atoms with Gasteiger partial charge in [0.05, 0.1) is 10.7 Å². The van der Waals surface area contributed by atoms with Crippen LogP contribution in [0.1, 0.15) is 11.3 Å². The number of carbonyl (C=O) groups is 1. The molecule has 20 heavy (non-hydrogen) atoms. The molecule has 0 aliphatic rings. The van der Waals surface area contributed by atoms with Crippen LogP contribution in [0, 0.1) is 6.92 Å². The van der Waals surface area contributed by atoms with Crippen LogP contribution in [0.25, 0.3) is 0 Å².